The number of hydrogen-bond acceptors (Lipinski definition) is 4. The minimum atomic E-state index is -4.56. The van der Waals surface area contributed by atoms with Crippen molar-refractivity contribution in [2.45, 2.75) is 6.18 Å². The topological polar surface area (TPSA) is 99.2 Å². The highest BCUT2D eigenvalue weighted by molar-refractivity contribution is 5.99. The first-order chi connectivity index (χ1) is 9.78. The number of carbonyl (C=O) groups excluding carboxylic acids is 1. The third kappa shape index (κ3) is 4.95. The number of amides is 1. The van der Waals surface area contributed by atoms with Gasteiger partial charge in [0.1, 0.15) is 6.54 Å². The van der Waals surface area contributed by atoms with Crippen molar-refractivity contribution in [3.05, 3.63) is 35.4 Å². The van der Waals surface area contributed by atoms with Gasteiger partial charge in [0, 0.05) is 17.7 Å². The van der Waals surface area contributed by atoms with E-state index in [-0.39, 0.29) is 11.4 Å². The Hall–Kier alpha value is -2.29. The van der Waals surface area contributed by atoms with Gasteiger partial charge in [-0.1, -0.05) is 17.3 Å². The molecule has 1 aromatic rings. The van der Waals surface area contributed by atoms with Crippen molar-refractivity contribution < 1.29 is 28.3 Å². The van der Waals surface area contributed by atoms with E-state index in [1.165, 1.54) is 24.3 Å². The summed E-state index contributed by atoms with van der Waals surface area (Å²) in [6.45, 7) is -2.46. The average Bonchev–Trinajstić information content (AvgIpc) is 2.44. The molecular weight excluding hydrogens is 291 g/mol. The van der Waals surface area contributed by atoms with Gasteiger partial charge >= 0.3 is 6.18 Å². The van der Waals surface area contributed by atoms with E-state index in [4.69, 9.17) is 16.0 Å². The number of nitrogens with two attached hydrogens (primary N) is 1. The summed E-state index contributed by atoms with van der Waals surface area (Å²) >= 11 is 0. The van der Waals surface area contributed by atoms with Crippen LogP contribution < -0.4 is 5.73 Å². The summed E-state index contributed by atoms with van der Waals surface area (Å²) in [5.41, 5.74) is 5.65. The molecule has 0 saturated heterocycles. The molecule has 0 saturated carbocycles. The summed E-state index contributed by atoms with van der Waals surface area (Å²) in [7, 11) is 0. The second-order valence-electron chi connectivity index (χ2n) is 4.13. The van der Waals surface area contributed by atoms with Crippen molar-refractivity contribution in [2.24, 2.45) is 10.9 Å². The van der Waals surface area contributed by atoms with Crippen molar-refractivity contribution in [1.29, 1.82) is 0 Å². The molecule has 6 nitrogen and oxygen atoms in total. The largest absolute Gasteiger partial charge is 0.409 e. The molecule has 0 aliphatic rings. The number of amidine groups is 1. The van der Waals surface area contributed by atoms with E-state index in [1.807, 2.05) is 0 Å². The second-order valence-corrected chi connectivity index (χ2v) is 4.13. The predicted octanol–water partition coefficient (Wildman–Crippen LogP) is 0.778. The number of benzene rings is 1. The minimum absolute atomic E-state index is 0.00203. The highest BCUT2D eigenvalue weighted by Crippen LogP contribution is 2.18. The summed E-state index contributed by atoms with van der Waals surface area (Å²) in [4.78, 5) is 12.5. The fourth-order valence-electron chi connectivity index (χ4n) is 1.61. The first-order valence-corrected chi connectivity index (χ1v) is 5.83. The van der Waals surface area contributed by atoms with Crippen molar-refractivity contribution in [1.82, 2.24) is 4.90 Å². The van der Waals surface area contributed by atoms with Crippen LogP contribution in [0.3, 0.4) is 0 Å². The Balaban J connectivity index is 2.93. The molecule has 0 aliphatic carbocycles. The van der Waals surface area contributed by atoms with Crippen LogP contribution >= 0.6 is 0 Å². The van der Waals surface area contributed by atoms with Gasteiger partial charge in [0.15, 0.2) is 5.84 Å². The number of aliphatic hydroxyl groups excluding tert-OH is 1. The summed E-state index contributed by atoms with van der Waals surface area (Å²) in [6, 6.07) is 5.20. The quantitative estimate of drug-likeness (QED) is 0.324. The highest BCUT2D eigenvalue weighted by Gasteiger charge is 2.33. The highest BCUT2D eigenvalue weighted by atomic mass is 19.4. The monoisotopic (exact) mass is 305 g/mol. The number of oxime groups is 1. The van der Waals surface area contributed by atoms with Crippen LogP contribution in [0.15, 0.2) is 29.4 Å². The molecule has 0 fully saturated rings. The minimum Gasteiger partial charge on any atom is -0.409 e. The van der Waals surface area contributed by atoms with Gasteiger partial charge in [-0.25, -0.2) is 0 Å². The molecule has 0 aromatic heterocycles. The third-order valence-corrected chi connectivity index (χ3v) is 2.56. The Morgan fingerprint density at radius 3 is 2.19 bits per heavy atom. The molecule has 1 rings (SSSR count). The van der Waals surface area contributed by atoms with Crippen LogP contribution in [0.25, 0.3) is 0 Å². The van der Waals surface area contributed by atoms with Crippen LogP contribution in [0.1, 0.15) is 15.9 Å². The van der Waals surface area contributed by atoms with Crippen LogP contribution in [-0.2, 0) is 0 Å². The number of carbonyl (C=O) groups is 1. The number of alkyl halides is 3. The Morgan fingerprint density at radius 1 is 1.24 bits per heavy atom. The number of aliphatic hydroxyl groups is 1. The summed E-state index contributed by atoms with van der Waals surface area (Å²) in [6.07, 6.45) is -4.56. The Kier molecular flexibility index (Phi) is 5.53. The van der Waals surface area contributed by atoms with Gasteiger partial charge in [0.2, 0.25) is 0 Å². The van der Waals surface area contributed by atoms with Gasteiger partial charge in [-0.05, 0) is 12.1 Å². The summed E-state index contributed by atoms with van der Waals surface area (Å²) in [5.74, 6) is -1.05. The van der Waals surface area contributed by atoms with Crippen LogP contribution in [0.2, 0.25) is 0 Å². The number of nitrogens with zero attached hydrogens (tertiary/aromatic N) is 2. The molecule has 9 heteroatoms. The molecule has 21 heavy (non-hydrogen) atoms. The predicted molar refractivity (Wildman–Crippen MR) is 68.0 cm³/mol. The number of halogens is 3. The SMILES string of the molecule is N/C(=N/O)c1ccc(C(=O)N(CCO)CC(F)(F)F)cc1. The zero-order valence-electron chi connectivity index (χ0n) is 10.8. The van der Waals surface area contributed by atoms with Crippen LogP contribution in [0.5, 0.6) is 0 Å². The molecule has 1 aromatic carbocycles. The van der Waals surface area contributed by atoms with Crippen LogP contribution in [0.4, 0.5) is 13.2 Å². The van der Waals surface area contributed by atoms with Crippen molar-refractivity contribution in [3.8, 4) is 0 Å². The number of rotatable bonds is 5. The Labute approximate surface area is 118 Å². The van der Waals surface area contributed by atoms with E-state index in [1.54, 1.807) is 0 Å². The summed E-state index contributed by atoms with van der Waals surface area (Å²) in [5, 5.41) is 20.0. The van der Waals surface area contributed by atoms with E-state index in [9.17, 15) is 18.0 Å². The van der Waals surface area contributed by atoms with Gasteiger partial charge in [0.25, 0.3) is 5.91 Å². The Morgan fingerprint density at radius 2 is 1.76 bits per heavy atom. The lowest BCUT2D eigenvalue weighted by Gasteiger charge is -2.23. The first kappa shape index (κ1) is 16.8. The van der Waals surface area contributed by atoms with Gasteiger partial charge in [-0.2, -0.15) is 13.2 Å². The first-order valence-electron chi connectivity index (χ1n) is 5.83. The fourth-order valence-corrected chi connectivity index (χ4v) is 1.61. The average molecular weight is 305 g/mol. The molecule has 4 N–H and O–H groups in total. The van der Waals surface area contributed by atoms with E-state index in [2.05, 4.69) is 5.16 Å². The lowest BCUT2D eigenvalue weighted by molar-refractivity contribution is -0.141. The molecule has 0 atom stereocenters. The summed E-state index contributed by atoms with van der Waals surface area (Å²) < 4.78 is 37.2. The van der Waals surface area contributed by atoms with E-state index >= 15 is 0 Å². The normalized spacial score (nSPS) is 12.3. The van der Waals surface area contributed by atoms with E-state index in [0.717, 1.165) is 0 Å². The van der Waals surface area contributed by atoms with E-state index < -0.39 is 31.8 Å². The fraction of sp³-hybridized carbons (Fsp3) is 0.333. The maximum absolute atomic E-state index is 12.4. The zero-order chi connectivity index (χ0) is 16.0. The van der Waals surface area contributed by atoms with Gasteiger partial charge in [-0.3, -0.25) is 4.79 Å². The Bertz CT molecular complexity index is 515. The van der Waals surface area contributed by atoms with Crippen molar-refractivity contribution in [2.75, 3.05) is 19.7 Å². The molecule has 0 unspecified atom stereocenters. The second kappa shape index (κ2) is 6.93. The molecule has 0 aliphatic heterocycles. The maximum atomic E-state index is 12.4. The molecule has 0 radical (unpaired) electrons. The van der Waals surface area contributed by atoms with Gasteiger partial charge in [-0.15, -0.1) is 0 Å². The smallest absolute Gasteiger partial charge is 0.406 e. The lowest BCUT2D eigenvalue weighted by atomic mass is 10.1. The maximum Gasteiger partial charge on any atom is 0.406 e. The molecule has 1 amide bonds. The molecule has 0 bridgehead atoms. The van der Waals surface area contributed by atoms with Gasteiger partial charge in [0.05, 0.1) is 6.61 Å². The van der Waals surface area contributed by atoms with Crippen molar-refractivity contribution in [3.63, 3.8) is 0 Å². The molecule has 0 heterocycles. The zero-order valence-corrected chi connectivity index (χ0v) is 10.8. The molecule has 116 valence electrons. The lowest BCUT2D eigenvalue weighted by Crippen LogP contribution is -2.40. The van der Waals surface area contributed by atoms with E-state index in [0.29, 0.717) is 10.5 Å². The van der Waals surface area contributed by atoms with Crippen molar-refractivity contribution >= 4 is 11.7 Å². The van der Waals surface area contributed by atoms with Crippen LogP contribution in [-0.4, -0.2) is 52.8 Å². The van der Waals surface area contributed by atoms with Gasteiger partial charge < -0.3 is 20.9 Å². The molecule has 0 spiro atoms. The third-order valence-electron chi connectivity index (χ3n) is 2.56. The standard InChI is InChI=1S/C12H14F3N3O3/c13-12(14,15)7-18(5-6-19)11(20)9-3-1-8(2-4-9)10(16)17-21/h1-4,19,21H,5-7H2,(H2,16,17). The number of hydrogen-bond donors (Lipinski definition) is 3. The molecular formula is C12H14F3N3O3. The van der Waals surface area contributed by atoms with Crippen LogP contribution in [0, 0.1) is 0 Å².